The number of rotatable bonds is 11. The fourth-order valence-electron chi connectivity index (χ4n) is 2.50. The van der Waals surface area contributed by atoms with Crippen LogP contribution in [0.2, 0.25) is 0 Å². The van der Waals surface area contributed by atoms with Crippen molar-refractivity contribution in [2.45, 2.75) is 25.4 Å². The molecule has 0 aromatic heterocycles. The standard InChI is InChI=1S/C20H26O4/c1-22-14-15-23-16-24-20(18-10-12-19(21)13-11-18)9-5-8-17-6-3-2-4-7-17/h2-4,6-7,10-13,20-21H,5,8-9,14-16H2,1H3. The van der Waals surface area contributed by atoms with Gasteiger partial charge in [0.2, 0.25) is 0 Å². The zero-order valence-corrected chi connectivity index (χ0v) is 14.2. The summed E-state index contributed by atoms with van der Waals surface area (Å²) in [6, 6.07) is 17.6. The molecule has 0 fully saturated rings. The lowest BCUT2D eigenvalue weighted by atomic mass is 10.0. The minimum absolute atomic E-state index is 0.0446. The van der Waals surface area contributed by atoms with Crippen LogP contribution in [-0.4, -0.2) is 32.2 Å². The number of aromatic hydroxyl groups is 1. The van der Waals surface area contributed by atoms with Crippen LogP contribution in [0.25, 0.3) is 0 Å². The number of methoxy groups -OCH3 is 1. The molecule has 0 saturated heterocycles. The van der Waals surface area contributed by atoms with E-state index in [1.807, 2.05) is 18.2 Å². The van der Waals surface area contributed by atoms with Crippen LogP contribution in [0.15, 0.2) is 54.6 Å². The van der Waals surface area contributed by atoms with E-state index in [1.54, 1.807) is 19.2 Å². The van der Waals surface area contributed by atoms with Crippen molar-refractivity contribution in [2.24, 2.45) is 0 Å². The van der Waals surface area contributed by atoms with E-state index < -0.39 is 0 Å². The minimum atomic E-state index is -0.0446. The highest BCUT2D eigenvalue weighted by molar-refractivity contribution is 5.27. The second-order valence-electron chi connectivity index (χ2n) is 5.64. The Labute approximate surface area is 144 Å². The molecule has 1 unspecified atom stereocenters. The molecule has 0 aliphatic carbocycles. The first kappa shape index (κ1) is 18.5. The highest BCUT2D eigenvalue weighted by Gasteiger charge is 2.12. The van der Waals surface area contributed by atoms with E-state index in [-0.39, 0.29) is 18.6 Å². The molecule has 24 heavy (non-hydrogen) atoms. The maximum atomic E-state index is 9.46. The summed E-state index contributed by atoms with van der Waals surface area (Å²) in [6.07, 6.45) is 2.89. The smallest absolute Gasteiger partial charge is 0.147 e. The van der Waals surface area contributed by atoms with E-state index in [9.17, 15) is 5.11 Å². The maximum Gasteiger partial charge on any atom is 0.147 e. The molecular formula is C20H26O4. The second-order valence-corrected chi connectivity index (χ2v) is 5.64. The van der Waals surface area contributed by atoms with Crippen LogP contribution in [0, 0.1) is 0 Å². The molecule has 2 rings (SSSR count). The van der Waals surface area contributed by atoms with Gasteiger partial charge in [-0.15, -0.1) is 0 Å². The van der Waals surface area contributed by atoms with Gasteiger partial charge in [0, 0.05) is 7.11 Å². The first-order valence-electron chi connectivity index (χ1n) is 8.30. The summed E-state index contributed by atoms with van der Waals surface area (Å²) in [5.41, 5.74) is 2.38. The van der Waals surface area contributed by atoms with E-state index in [2.05, 4.69) is 24.3 Å². The summed E-state index contributed by atoms with van der Waals surface area (Å²) in [5, 5.41) is 9.46. The summed E-state index contributed by atoms with van der Waals surface area (Å²) < 4.78 is 16.3. The van der Waals surface area contributed by atoms with Crippen molar-refractivity contribution in [3.05, 3.63) is 65.7 Å². The Kier molecular flexibility index (Phi) is 8.32. The lowest BCUT2D eigenvalue weighted by molar-refractivity contribution is -0.101. The molecule has 0 amide bonds. The Bertz CT molecular complexity index is 554. The highest BCUT2D eigenvalue weighted by atomic mass is 16.7. The van der Waals surface area contributed by atoms with Gasteiger partial charge in [-0.2, -0.15) is 0 Å². The van der Waals surface area contributed by atoms with Crippen molar-refractivity contribution in [3.8, 4) is 5.75 Å². The number of ether oxygens (including phenoxy) is 3. The maximum absolute atomic E-state index is 9.46. The van der Waals surface area contributed by atoms with Gasteiger partial charge in [-0.25, -0.2) is 0 Å². The molecule has 130 valence electrons. The first-order chi connectivity index (χ1) is 11.8. The van der Waals surface area contributed by atoms with E-state index in [0.29, 0.717) is 13.2 Å². The van der Waals surface area contributed by atoms with E-state index in [4.69, 9.17) is 14.2 Å². The van der Waals surface area contributed by atoms with Crippen molar-refractivity contribution in [2.75, 3.05) is 27.1 Å². The normalized spacial score (nSPS) is 12.2. The Morgan fingerprint density at radius 3 is 2.42 bits per heavy atom. The zero-order chi connectivity index (χ0) is 17.0. The summed E-state index contributed by atoms with van der Waals surface area (Å²) in [4.78, 5) is 0. The van der Waals surface area contributed by atoms with Crippen molar-refractivity contribution in [1.29, 1.82) is 0 Å². The summed E-state index contributed by atoms with van der Waals surface area (Å²) >= 11 is 0. The van der Waals surface area contributed by atoms with Crippen molar-refractivity contribution < 1.29 is 19.3 Å². The molecular weight excluding hydrogens is 304 g/mol. The van der Waals surface area contributed by atoms with Gasteiger partial charge >= 0.3 is 0 Å². The predicted octanol–water partition coefficient (Wildman–Crippen LogP) is 4.09. The second kappa shape index (κ2) is 10.8. The van der Waals surface area contributed by atoms with Gasteiger partial charge in [-0.05, 0) is 42.5 Å². The summed E-state index contributed by atoms with van der Waals surface area (Å²) in [6.45, 7) is 1.31. The van der Waals surface area contributed by atoms with E-state index >= 15 is 0 Å². The van der Waals surface area contributed by atoms with Crippen LogP contribution in [0.1, 0.15) is 30.1 Å². The molecule has 4 heteroatoms. The lowest BCUT2D eigenvalue weighted by Crippen LogP contribution is -2.11. The number of hydrogen-bond acceptors (Lipinski definition) is 4. The van der Waals surface area contributed by atoms with Crippen molar-refractivity contribution >= 4 is 0 Å². The molecule has 2 aromatic carbocycles. The molecule has 0 spiro atoms. The first-order valence-corrected chi connectivity index (χ1v) is 8.30. The Morgan fingerprint density at radius 1 is 0.958 bits per heavy atom. The van der Waals surface area contributed by atoms with Gasteiger partial charge in [0.25, 0.3) is 0 Å². The predicted molar refractivity (Wildman–Crippen MR) is 94.0 cm³/mol. The Morgan fingerprint density at radius 2 is 1.71 bits per heavy atom. The average molecular weight is 330 g/mol. The third-order valence-electron chi connectivity index (χ3n) is 3.82. The van der Waals surface area contributed by atoms with Gasteiger partial charge in [0.15, 0.2) is 0 Å². The number of phenolic OH excluding ortho intramolecular Hbond substituents is 1. The SMILES string of the molecule is COCCOCOC(CCCc1ccccc1)c1ccc(O)cc1. The van der Waals surface area contributed by atoms with Crippen molar-refractivity contribution in [1.82, 2.24) is 0 Å². The summed E-state index contributed by atoms with van der Waals surface area (Å²) in [7, 11) is 1.65. The quantitative estimate of drug-likeness (QED) is 0.498. The van der Waals surface area contributed by atoms with Gasteiger partial charge in [-0.3, -0.25) is 0 Å². The van der Waals surface area contributed by atoms with Crippen molar-refractivity contribution in [3.63, 3.8) is 0 Å². The minimum Gasteiger partial charge on any atom is -0.508 e. The molecule has 1 atom stereocenters. The largest absolute Gasteiger partial charge is 0.508 e. The number of hydrogen-bond donors (Lipinski definition) is 1. The van der Waals surface area contributed by atoms with Gasteiger partial charge in [0.05, 0.1) is 19.3 Å². The molecule has 0 aliphatic heterocycles. The number of aryl methyl sites for hydroxylation is 1. The highest BCUT2D eigenvalue weighted by Crippen LogP contribution is 2.25. The van der Waals surface area contributed by atoms with Gasteiger partial charge in [0.1, 0.15) is 12.5 Å². The van der Waals surface area contributed by atoms with Crippen LogP contribution in [0.5, 0.6) is 5.75 Å². The van der Waals surface area contributed by atoms with Crippen LogP contribution >= 0.6 is 0 Å². The van der Waals surface area contributed by atoms with Crippen LogP contribution < -0.4 is 0 Å². The third-order valence-corrected chi connectivity index (χ3v) is 3.82. The average Bonchev–Trinajstić information content (AvgIpc) is 2.62. The molecule has 2 aromatic rings. The van der Waals surface area contributed by atoms with Gasteiger partial charge in [-0.1, -0.05) is 42.5 Å². The van der Waals surface area contributed by atoms with E-state index in [0.717, 1.165) is 24.8 Å². The monoisotopic (exact) mass is 330 g/mol. The van der Waals surface area contributed by atoms with Crippen LogP contribution in [0.4, 0.5) is 0 Å². The number of benzene rings is 2. The lowest BCUT2D eigenvalue weighted by Gasteiger charge is -2.18. The van der Waals surface area contributed by atoms with Gasteiger partial charge < -0.3 is 19.3 Å². The fraction of sp³-hybridized carbons (Fsp3) is 0.400. The molecule has 0 aliphatic rings. The van der Waals surface area contributed by atoms with Crippen LogP contribution in [-0.2, 0) is 20.6 Å². The van der Waals surface area contributed by atoms with E-state index in [1.165, 1.54) is 5.56 Å². The summed E-state index contributed by atoms with van der Waals surface area (Å²) in [5.74, 6) is 0.262. The third kappa shape index (κ3) is 6.71. The topological polar surface area (TPSA) is 47.9 Å². The zero-order valence-electron chi connectivity index (χ0n) is 14.2. The molecule has 0 radical (unpaired) electrons. The Hall–Kier alpha value is -1.88. The molecule has 0 saturated carbocycles. The molecule has 1 N–H and O–H groups in total. The fourth-order valence-corrected chi connectivity index (χ4v) is 2.50. The Balaban J connectivity index is 1.85. The molecule has 0 bridgehead atoms. The number of phenols is 1. The molecule has 0 heterocycles. The van der Waals surface area contributed by atoms with Crippen LogP contribution in [0.3, 0.4) is 0 Å². The molecule has 4 nitrogen and oxygen atoms in total.